The van der Waals surface area contributed by atoms with Gasteiger partial charge in [0, 0.05) is 19.4 Å². The average Bonchev–Trinajstić information content (AvgIpc) is 3.14. The molecule has 0 radical (unpaired) electrons. The first-order chi connectivity index (χ1) is 25.5. The molecule has 1 N–H and O–H groups in total. The van der Waals surface area contributed by atoms with E-state index in [0.717, 1.165) is 83.6 Å². The van der Waals surface area contributed by atoms with Gasteiger partial charge in [0.15, 0.2) is 0 Å². The molecule has 0 aliphatic heterocycles. The lowest BCUT2D eigenvalue weighted by molar-refractivity contribution is -0.153. The fourth-order valence-electron chi connectivity index (χ4n) is 5.52. The molecular weight excluding hydrogens is 650 g/mol. The fraction of sp³-hybridized carbons (Fsp3) is 0.756. The van der Waals surface area contributed by atoms with Crippen LogP contribution in [0.4, 0.5) is 0 Å². The number of ether oxygens (including phenoxy) is 3. The maximum atomic E-state index is 12.4. The smallest absolute Gasteiger partial charge is 0.307 e. The second-order valence-electron chi connectivity index (χ2n) is 14.0. The maximum Gasteiger partial charge on any atom is 0.307 e. The Hall–Kier alpha value is -2.67. The highest BCUT2D eigenvalue weighted by Crippen LogP contribution is 2.12. The van der Waals surface area contributed by atoms with Crippen molar-refractivity contribution in [1.29, 1.82) is 0 Å². The van der Waals surface area contributed by atoms with Gasteiger partial charge in [-0.25, -0.2) is 0 Å². The molecule has 0 rings (SSSR count). The molecule has 0 aliphatic rings. The zero-order valence-corrected chi connectivity index (χ0v) is 33.9. The predicted molar refractivity (Wildman–Crippen MR) is 218 cm³/mol. The number of unbranched alkanes of at least 4 members (excludes halogenated alkanes) is 16. The van der Waals surface area contributed by atoms with Crippen molar-refractivity contribution >= 4 is 17.9 Å². The first kappa shape index (κ1) is 49.3. The Bertz CT molecular complexity index is 878. The van der Waals surface area contributed by atoms with Crippen molar-refractivity contribution in [3.63, 3.8) is 0 Å². The molecular formula is C45H79NO6. The molecule has 0 aromatic rings. The molecule has 52 heavy (non-hydrogen) atoms. The summed E-state index contributed by atoms with van der Waals surface area (Å²) in [6.07, 6.45) is 44.0. The summed E-state index contributed by atoms with van der Waals surface area (Å²) < 4.78 is 16.5. The van der Waals surface area contributed by atoms with Crippen molar-refractivity contribution < 1.29 is 28.6 Å². The summed E-state index contributed by atoms with van der Waals surface area (Å²) in [5, 5.41) is 3.11. The van der Waals surface area contributed by atoms with Crippen LogP contribution in [-0.4, -0.2) is 50.8 Å². The molecule has 300 valence electrons. The molecule has 0 bridgehead atoms. The topological polar surface area (TPSA) is 90.9 Å². The van der Waals surface area contributed by atoms with E-state index in [9.17, 15) is 14.4 Å². The number of hydrogen-bond donors (Lipinski definition) is 1. The number of hydrogen-bond acceptors (Lipinski definition) is 7. The average molecular weight is 730 g/mol. The fourth-order valence-corrected chi connectivity index (χ4v) is 5.52. The van der Waals surface area contributed by atoms with Gasteiger partial charge in [0.1, 0.15) is 19.8 Å². The second-order valence-corrected chi connectivity index (χ2v) is 14.0. The van der Waals surface area contributed by atoms with E-state index < -0.39 is 0 Å². The van der Waals surface area contributed by atoms with Gasteiger partial charge in [-0.05, 0) is 83.6 Å². The molecule has 0 heterocycles. The van der Waals surface area contributed by atoms with Crippen LogP contribution in [-0.2, 0) is 28.6 Å². The third-order valence-corrected chi connectivity index (χ3v) is 8.86. The highest BCUT2D eigenvalue weighted by atomic mass is 16.6. The van der Waals surface area contributed by atoms with E-state index in [1.807, 2.05) is 6.92 Å². The van der Waals surface area contributed by atoms with Crippen LogP contribution in [0.5, 0.6) is 0 Å². The Morgan fingerprint density at radius 3 is 1.17 bits per heavy atom. The van der Waals surface area contributed by atoms with Gasteiger partial charge in [-0.3, -0.25) is 14.4 Å². The molecule has 0 amide bonds. The van der Waals surface area contributed by atoms with Gasteiger partial charge in [0.2, 0.25) is 0 Å². The summed E-state index contributed by atoms with van der Waals surface area (Å²) in [5.74, 6) is -1.22. The summed E-state index contributed by atoms with van der Waals surface area (Å²) in [5.41, 5.74) is 0. The highest BCUT2D eigenvalue weighted by Gasteiger charge is 2.17. The minimum Gasteiger partial charge on any atom is -0.465 e. The lowest BCUT2D eigenvalue weighted by Gasteiger charge is -2.17. The zero-order valence-electron chi connectivity index (χ0n) is 33.9. The lowest BCUT2D eigenvalue weighted by Crippen LogP contribution is -2.27. The number of allylic oxidation sites excluding steroid dienone is 8. The molecule has 7 heteroatoms. The van der Waals surface area contributed by atoms with Crippen molar-refractivity contribution in [2.75, 3.05) is 32.9 Å². The van der Waals surface area contributed by atoms with Crippen LogP contribution < -0.4 is 5.32 Å². The lowest BCUT2D eigenvalue weighted by atomic mass is 10.1. The van der Waals surface area contributed by atoms with Crippen molar-refractivity contribution in [1.82, 2.24) is 5.32 Å². The molecule has 0 spiro atoms. The van der Waals surface area contributed by atoms with Gasteiger partial charge in [0.05, 0.1) is 12.3 Å². The van der Waals surface area contributed by atoms with Gasteiger partial charge in [-0.15, -0.1) is 0 Å². The van der Waals surface area contributed by atoms with E-state index in [0.29, 0.717) is 19.4 Å². The quantitative estimate of drug-likeness (QED) is 0.0293. The first-order valence-corrected chi connectivity index (χ1v) is 21.3. The number of carbonyl (C=O) groups is 3. The first-order valence-electron chi connectivity index (χ1n) is 21.3. The Balaban J connectivity index is 4.18. The predicted octanol–water partition coefficient (Wildman–Crippen LogP) is 11.9. The summed E-state index contributed by atoms with van der Waals surface area (Å²) >= 11 is 0. The monoisotopic (exact) mass is 730 g/mol. The van der Waals surface area contributed by atoms with Crippen LogP contribution >= 0.6 is 0 Å². The molecule has 0 atom stereocenters. The molecule has 0 saturated carbocycles. The third-order valence-electron chi connectivity index (χ3n) is 8.86. The Labute approximate surface area is 319 Å². The summed E-state index contributed by atoms with van der Waals surface area (Å²) in [6.45, 7) is 7.96. The normalized spacial score (nSPS) is 11.9. The van der Waals surface area contributed by atoms with Crippen molar-refractivity contribution in [2.24, 2.45) is 5.92 Å². The summed E-state index contributed by atoms with van der Waals surface area (Å²) in [4.78, 5) is 37.0. The van der Waals surface area contributed by atoms with E-state index in [-0.39, 0.29) is 50.1 Å². The van der Waals surface area contributed by atoms with E-state index in [1.54, 1.807) is 0 Å². The van der Waals surface area contributed by atoms with Crippen LogP contribution in [0.25, 0.3) is 0 Å². The van der Waals surface area contributed by atoms with Gasteiger partial charge in [-0.1, -0.05) is 134 Å². The van der Waals surface area contributed by atoms with Gasteiger partial charge < -0.3 is 19.5 Å². The Kier molecular flexibility index (Phi) is 39.0. The van der Waals surface area contributed by atoms with Crippen LogP contribution in [0.1, 0.15) is 181 Å². The van der Waals surface area contributed by atoms with Crippen LogP contribution in [0.3, 0.4) is 0 Å². The second kappa shape index (κ2) is 41.1. The van der Waals surface area contributed by atoms with Crippen molar-refractivity contribution in [2.45, 2.75) is 181 Å². The highest BCUT2D eigenvalue weighted by molar-refractivity contribution is 5.70. The Morgan fingerprint density at radius 2 is 0.788 bits per heavy atom. The number of esters is 3. The largest absolute Gasteiger partial charge is 0.465 e. The molecule has 0 fully saturated rings. The number of nitrogens with one attached hydrogen (secondary N) is 1. The summed E-state index contributed by atoms with van der Waals surface area (Å²) in [7, 11) is 0. The molecule has 7 nitrogen and oxygen atoms in total. The van der Waals surface area contributed by atoms with Gasteiger partial charge in [0.25, 0.3) is 0 Å². The number of carbonyl (C=O) groups excluding carboxylic acids is 3. The molecule has 0 aliphatic carbocycles. The van der Waals surface area contributed by atoms with Crippen LogP contribution in [0.15, 0.2) is 48.6 Å². The maximum absolute atomic E-state index is 12.4. The number of rotatable bonds is 38. The molecule has 0 aromatic carbocycles. The Morgan fingerprint density at radius 1 is 0.442 bits per heavy atom. The van der Waals surface area contributed by atoms with E-state index in [4.69, 9.17) is 14.2 Å². The van der Waals surface area contributed by atoms with E-state index >= 15 is 0 Å². The van der Waals surface area contributed by atoms with E-state index in [2.05, 4.69) is 67.8 Å². The van der Waals surface area contributed by atoms with Gasteiger partial charge >= 0.3 is 17.9 Å². The van der Waals surface area contributed by atoms with E-state index in [1.165, 1.54) is 64.2 Å². The van der Waals surface area contributed by atoms with Crippen molar-refractivity contribution in [3.8, 4) is 0 Å². The standard InChI is InChI=1S/C45H79NO6/c1-4-7-9-11-13-15-17-19-21-23-25-27-29-31-33-35-43(47)50-39-42(41-52-45(49)37-38-46-6-3)40-51-44(48)36-34-32-30-28-26-24-22-20-18-16-14-12-10-8-5-2/h13-16,19-22,42,46H,4-12,17-18,23-41H2,1-3H3/b15-13-,16-14-,21-19-,22-20-. The SMILES string of the molecule is CCCCC/C=C\C/C=C\CCCCCCCC(=O)OCC(COC(=O)CCCCCCC/C=C\C/C=C\CCCCC)COC(=O)CCNCC. The molecule has 0 unspecified atom stereocenters. The molecule has 0 saturated heterocycles. The van der Waals surface area contributed by atoms with Crippen LogP contribution in [0.2, 0.25) is 0 Å². The van der Waals surface area contributed by atoms with Crippen LogP contribution in [0, 0.1) is 5.92 Å². The summed E-state index contributed by atoms with van der Waals surface area (Å²) in [6, 6.07) is 0. The minimum atomic E-state index is -0.384. The van der Waals surface area contributed by atoms with Gasteiger partial charge in [-0.2, -0.15) is 0 Å². The third kappa shape index (κ3) is 38.6. The molecule has 0 aromatic heterocycles. The zero-order chi connectivity index (χ0) is 38.0. The minimum absolute atomic E-state index is 0.0545. The van der Waals surface area contributed by atoms with Crippen molar-refractivity contribution in [3.05, 3.63) is 48.6 Å².